The molecule has 1 amide bonds. The second-order valence-corrected chi connectivity index (χ2v) is 6.98. The Morgan fingerprint density at radius 1 is 1.30 bits per heavy atom. The van der Waals surface area contributed by atoms with Crippen LogP contribution in [0.1, 0.15) is 28.4 Å². The Morgan fingerprint density at radius 2 is 2.09 bits per heavy atom. The van der Waals surface area contributed by atoms with E-state index in [2.05, 4.69) is 10.4 Å². The third-order valence-corrected chi connectivity index (χ3v) is 4.39. The van der Waals surface area contributed by atoms with Crippen LogP contribution in [-0.4, -0.2) is 21.8 Å². The van der Waals surface area contributed by atoms with Crippen molar-refractivity contribution in [1.82, 2.24) is 9.78 Å². The molecule has 0 atom stereocenters. The van der Waals surface area contributed by atoms with Gasteiger partial charge in [-0.25, -0.2) is 0 Å². The lowest BCUT2D eigenvalue weighted by molar-refractivity contribution is 0.103. The molecule has 120 valence electrons. The number of thiophene rings is 1. The predicted octanol–water partition coefficient (Wildman–Crippen LogP) is 3.98. The lowest BCUT2D eigenvalue weighted by atomic mass is 10.2. The van der Waals surface area contributed by atoms with Crippen LogP contribution in [0.15, 0.2) is 30.3 Å². The number of amides is 1. The van der Waals surface area contributed by atoms with Gasteiger partial charge in [0.25, 0.3) is 5.91 Å². The van der Waals surface area contributed by atoms with Crippen LogP contribution in [0.4, 0.5) is 5.69 Å². The molecule has 0 aliphatic rings. The Kier molecular flexibility index (Phi) is 4.09. The second-order valence-electron chi connectivity index (χ2n) is 5.69. The number of fused-ring (bicyclic) bond motifs is 1. The summed E-state index contributed by atoms with van der Waals surface area (Å²) >= 11 is 1.48. The zero-order chi connectivity index (χ0) is 16.6. The number of carbonyl (C=O) groups is 1. The second kappa shape index (κ2) is 6.04. The van der Waals surface area contributed by atoms with E-state index in [0.29, 0.717) is 10.8 Å². The molecule has 2 heterocycles. The first-order valence-electron chi connectivity index (χ1n) is 7.45. The van der Waals surface area contributed by atoms with Crippen molar-refractivity contribution in [2.45, 2.75) is 26.9 Å². The number of carbonyl (C=O) groups excluding carboxylic acids is 1. The highest BCUT2D eigenvalue weighted by atomic mass is 32.1. The fourth-order valence-corrected chi connectivity index (χ4v) is 3.13. The maximum Gasteiger partial charge on any atom is 0.265 e. The average Bonchev–Trinajstić information content (AvgIpc) is 3.03. The van der Waals surface area contributed by atoms with Crippen molar-refractivity contribution >= 4 is 33.8 Å². The van der Waals surface area contributed by atoms with Gasteiger partial charge in [-0.05, 0) is 51.1 Å². The number of ether oxygens (including phenoxy) is 1. The molecule has 5 nitrogen and oxygen atoms in total. The van der Waals surface area contributed by atoms with Crippen LogP contribution in [0.25, 0.3) is 10.9 Å². The van der Waals surface area contributed by atoms with Gasteiger partial charge in [-0.3, -0.25) is 9.48 Å². The van der Waals surface area contributed by atoms with Crippen molar-refractivity contribution in [3.05, 3.63) is 40.1 Å². The minimum atomic E-state index is -0.0994. The summed E-state index contributed by atoms with van der Waals surface area (Å²) in [5.41, 5.74) is 1.70. The van der Waals surface area contributed by atoms with E-state index in [1.807, 2.05) is 58.2 Å². The first-order chi connectivity index (χ1) is 10.9. The lowest BCUT2D eigenvalue weighted by Crippen LogP contribution is -2.10. The van der Waals surface area contributed by atoms with Gasteiger partial charge < -0.3 is 10.1 Å². The van der Waals surface area contributed by atoms with E-state index in [9.17, 15) is 4.79 Å². The van der Waals surface area contributed by atoms with Crippen LogP contribution >= 0.6 is 11.3 Å². The minimum absolute atomic E-state index is 0.0421. The number of hydrogen-bond donors (Lipinski definition) is 1. The number of rotatable bonds is 4. The molecule has 0 fully saturated rings. The van der Waals surface area contributed by atoms with E-state index in [0.717, 1.165) is 21.5 Å². The molecule has 0 saturated heterocycles. The summed E-state index contributed by atoms with van der Waals surface area (Å²) in [4.78, 5) is 14.1. The molecule has 0 bridgehead atoms. The number of hydrogen-bond acceptors (Lipinski definition) is 4. The van der Waals surface area contributed by atoms with Gasteiger partial charge in [0.15, 0.2) is 0 Å². The highest BCUT2D eigenvalue weighted by Crippen LogP contribution is 2.28. The van der Waals surface area contributed by atoms with E-state index in [4.69, 9.17) is 4.74 Å². The average molecular weight is 329 g/mol. The van der Waals surface area contributed by atoms with Gasteiger partial charge in [-0.15, -0.1) is 16.4 Å². The monoisotopic (exact) mass is 329 g/mol. The molecular weight excluding hydrogens is 310 g/mol. The Bertz CT molecular complexity index is 864. The highest BCUT2D eigenvalue weighted by molar-refractivity contribution is 7.14. The Balaban J connectivity index is 1.91. The molecule has 2 aromatic heterocycles. The molecule has 23 heavy (non-hydrogen) atoms. The molecular formula is C17H19N3O2S. The topological polar surface area (TPSA) is 56.1 Å². The zero-order valence-corrected chi connectivity index (χ0v) is 14.4. The van der Waals surface area contributed by atoms with E-state index >= 15 is 0 Å². The Labute approximate surface area is 138 Å². The largest absolute Gasteiger partial charge is 0.473 e. The maximum atomic E-state index is 12.3. The fourth-order valence-electron chi connectivity index (χ4n) is 2.37. The molecule has 1 aromatic carbocycles. The summed E-state index contributed by atoms with van der Waals surface area (Å²) in [6, 6.07) is 9.49. The molecule has 3 rings (SSSR count). The maximum absolute atomic E-state index is 12.3. The van der Waals surface area contributed by atoms with Crippen molar-refractivity contribution in [3.8, 4) is 5.88 Å². The number of benzene rings is 1. The quantitative estimate of drug-likeness (QED) is 0.787. The predicted molar refractivity (Wildman–Crippen MR) is 93.5 cm³/mol. The first-order valence-corrected chi connectivity index (χ1v) is 8.27. The third kappa shape index (κ3) is 3.22. The molecule has 0 saturated carbocycles. The standard InChI is InChI=1S/C17H19N3O2S/c1-10(2)22-17-13-9-12(6-7-14(13)20(4)19-17)18-16(21)15-8-5-11(3)23-15/h5-10H,1-4H3,(H,18,21). The van der Waals surface area contributed by atoms with E-state index < -0.39 is 0 Å². The van der Waals surface area contributed by atoms with Gasteiger partial charge in [-0.1, -0.05) is 0 Å². The summed E-state index contributed by atoms with van der Waals surface area (Å²) in [5, 5.41) is 8.22. The highest BCUT2D eigenvalue weighted by Gasteiger charge is 2.14. The minimum Gasteiger partial charge on any atom is -0.473 e. The lowest BCUT2D eigenvalue weighted by Gasteiger charge is -2.07. The van der Waals surface area contributed by atoms with Gasteiger partial charge in [0.2, 0.25) is 5.88 Å². The van der Waals surface area contributed by atoms with Crippen LogP contribution in [0.5, 0.6) is 5.88 Å². The molecule has 0 radical (unpaired) electrons. The van der Waals surface area contributed by atoms with Gasteiger partial charge in [0.1, 0.15) is 0 Å². The van der Waals surface area contributed by atoms with E-state index in [-0.39, 0.29) is 12.0 Å². The van der Waals surface area contributed by atoms with Crippen LogP contribution in [0.3, 0.4) is 0 Å². The Morgan fingerprint density at radius 3 is 2.74 bits per heavy atom. The van der Waals surface area contributed by atoms with Gasteiger partial charge in [0, 0.05) is 17.6 Å². The fraction of sp³-hybridized carbons (Fsp3) is 0.294. The third-order valence-electron chi connectivity index (χ3n) is 3.39. The first kappa shape index (κ1) is 15.6. The summed E-state index contributed by atoms with van der Waals surface area (Å²) in [6.45, 7) is 5.91. The molecule has 1 N–H and O–H groups in total. The number of aromatic nitrogens is 2. The van der Waals surface area contributed by atoms with Crippen molar-refractivity contribution in [3.63, 3.8) is 0 Å². The summed E-state index contributed by atoms with van der Waals surface area (Å²) in [7, 11) is 1.88. The Hall–Kier alpha value is -2.34. The van der Waals surface area contributed by atoms with Crippen LogP contribution in [0, 0.1) is 6.92 Å². The number of nitrogens with zero attached hydrogens (tertiary/aromatic N) is 2. The SMILES string of the molecule is Cc1ccc(C(=O)Nc2ccc3c(c2)c(OC(C)C)nn3C)s1. The van der Waals surface area contributed by atoms with Crippen LogP contribution in [-0.2, 0) is 7.05 Å². The van der Waals surface area contributed by atoms with Crippen LogP contribution < -0.4 is 10.1 Å². The summed E-state index contributed by atoms with van der Waals surface area (Å²) < 4.78 is 7.53. The number of anilines is 1. The smallest absolute Gasteiger partial charge is 0.265 e. The molecule has 0 aliphatic carbocycles. The molecule has 0 aliphatic heterocycles. The van der Waals surface area contributed by atoms with Crippen molar-refractivity contribution in [2.75, 3.05) is 5.32 Å². The van der Waals surface area contributed by atoms with Gasteiger partial charge >= 0.3 is 0 Å². The summed E-state index contributed by atoms with van der Waals surface area (Å²) in [5.74, 6) is 0.484. The van der Waals surface area contributed by atoms with Crippen molar-refractivity contribution in [1.29, 1.82) is 0 Å². The number of aryl methyl sites for hydroxylation is 2. The van der Waals surface area contributed by atoms with Gasteiger partial charge in [0.05, 0.1) is 21.9 Å². The molecule has 0 spiro atoms. The van der Waals surface area contributed by atoms with Crippen molar-refractivity contribution < 1.29 is 9.53 Å². The van der Waals surface area contributed by atoms with Gasteiger partial charge in [-0.2, -0.15) is 0 Å². The van der Waals surface area contributed by atoms with E-state index in [1.165, 1.54) is 11.3 Å². The molecule has 6 heteroatoms. The number of nitrogens with one attached hydrogen (secondary N) is 1. The molecule has 0 unspecified atom stereocenters. The molecule has 3 aromatic rings. The zero-order valence-electron chi connectivity index (χ0n) is 13.6. The summed E-state index contributed by atoms with van der Waals surface area (Å²) in [6.07, 6.45) is 0.0421. The normalized spacial score (nSPS) is 11.2. The van der Waals surface area contributed by atoms with Crippen molar-refractivity contribution in [2.24, 2.45) is 7.05 Å². The van der Waals surface area contributed by atoms with Crippen LogP contribution in [0.2, 0.25) is 0 Å². The van der Waals surface area contributed by atoms with E-state index in [1.54, 1.807) is 4.68 Å².